The predicted octanol–water partition coefficient (Wildman–Crippen LogP) is 8.41. The van der Waals surface area contributed by atoms with E-state index < -0.39 is 77.8 Å². The molecule has 0 bridgehead atoms. The number of hydrogen-bond acceptors (Lipinski definition) is 15. The molecular formula is C68H104N10O11S. The second kappa shape index (κ2) is 35.8. The third-order valence-corrected chi connectivity index (χ3v) is 19.6. The van der Waals surface area contributed by atoms with Gasteiger partial charge in [-0.05, 0) is 86.4 Å². The SMILES string of the molecule is CC[C@H](C)[C@@H]([C@@H](CC(=O)N1CCC[C@H]1[C@H](C)[C@@H](C)C(=O)C[C@@H](Cc1ccccc1)c1nccs1)OC)N(C)C(=O)[C@@H](CC(=O)[C@@H](NC(=O)OC(C(=O)N1CCN(C)CC1)c1ccc(NC(=O)[C@H](CCCNC(N)=O)CC(=O)[C@@H](N)C(C)C)cc1)C(C)C)C(C)C. The monoisotopic (exact) mass is 1270 g/mol. The molecule has 7 amide bonds. The number of nitrogens with one attached hydrogen (secondary N) is 3. The van der Waals surface area contributed by atoms with Crippen LogP contribution in [0.15, 0.2) is 66.2 Å². The molecule has 2 aliphatic rings. The second-order valence-electron chi connectivity index (χ2n) is 26.2. The summed E-state index contributed by atoms with van der Waals surface area (Å²) >= 11 is 1.56. The number of hydrogen-bond donors (Lipinski definition) is 5. The molecule has 0 saturated carbocycles. The van der Waals surface area contributed by atoms with Crippen molar-refractivity contribution in [2.75, 3.05) is 65.8 Å². The number of urea groups is 1. The number of likely N-dealkylation sites (N-methyl/N-ethyl adjacent to an activating group) is 2. The quantitative estimate of drug-likeness (QED) is 0.0346. The van der Waals surface area contributed by atoms with Crippen molar-refractivity contribution in [3.8, 4) is 0 Å². The van der Waals surface area contributed by atoms with Gasteiger partial charge in [0, 0.05) is 125 Å². The first-order chi connectivity index (χ1) is 42.7. The molecule has 2 aliphatic heterocycles. The number of likely N-dealkylation sites (tertiary alicyclic amines) is 1. The van der Waals surface area contributed by atoms with E-state index in [1.54, 1.807) is 79.6 Å². The van der Waals surface area contributed by atoms with Crippen LogP contribution in [0.2, 0.25) is 0 Å². The lowest BCUT2D eigenvalue weighted by Crippen LogP contribution is -2.54. The van der Waals surface area contributed by atoms with Crippen molar-refractivity contribution in [1.82, 2.24) is 35.2 Å². The summed E-state index contributed by atoms with van der Waals surface area (Å²) < 4.78 is 12.2. The van der Waals surface area contributed by atoms with Crippen LogP contribution >= 0.6 is 11.3 Å². The summed E-state index contributed by atoms with van der Waals surface area (Å²) in [5.41, 5.74) is 13.2. The number of piperazine rings is 1. The Bertz CT molecular complexity index is 2810. The van der Waals surface area contributed by atoms with Gasteiger partial charge in [0.1, 0.15) is 5.78 Å². The number of ketones is 3. The van der Waals surface area contributed by atoms with Crippen LogP contribution in [0.25, 0.3) is 0 Å². The summed E-state index contributed by atoms with van der Waals surface area (Å²) in [4.78, 5) is 137. The average molecular weight is 1270 g/mol. The number of benzene rings is 2. The van der Waals surface area contributed by atoms with Gasteiger partial charge < -0.3 is 56.5 Å². The molecule has 2 saturated heterocycles. The number of nitrogens with zero attached hydrogens (tertiary/aromatic N) is 5. The number of ether oxygens (including phenoxy) is 2. The average Bonchev–Trinajstić information content (AvgIpc) is 1.48. The Balaban J connectivity index is 1.28. The van der Waals surface area contributed by atoms with E-state index in [1.807, 2.05) is 84.0 Å². The van der Waals surface area contributed by atoms with Crippen LogP contribution in [0.3, 0.4) is 0 Å². The van der Waals surface area contributed by atoms with Gasteiger partial charge in [-0.3, -0.25) is 33.6 Å². The molecule has 3 heterocycles. The lowest BCUT2D eigenvalue weighted by Gasteiger charge is -2.41. The number of thiazole rings is 1. The Morgan fingerprint density at radius 3 is 2.04 bits per heavy atom. The van der Waals surface area contributed by atoms with Crippen molar-refractivity contribution >= 4 is 70.1 Å². The van der Waals surface area contributed by atoms with Crippen LogP contribution < -0.4 is 27.4 Å². The normalized spacial score (nSPS) is 18.3. The fourth-order valence-electron chi connectivity index (χ4n) is 12.5. The summed E-state index contributed by atoms with van der Waals surface area (Å²) in [5.74, 6) is -5.03. The van der Waals surface area contributed by atoms with Gasteiger partial charge in [-0.2, -0.15) is 0 Å². The molecule has 3 aromatic rings. The number of alkyl carbamates (subject to hydrolysis) is 1. The van der Waals surface area contributed by atoms with E-state index in [9.17, 15) is 43.2 Å². The van der Waals surface area contributed by atoms with Crippen molar-refractivity contribution in [3.63, 3.8) is 0 Å². The Hall–Kier alpha value is -6.62. The van der Waals surface area contributed by atoms with Gasteiger partial charge in [-0.1, -0.05) is 118 Å². The third-order valence-electron chi connectivity index (χ3n) is 18.7. The Kier molecular flexibility index (Phi) is 29.5. The van der Waals surface area contributed by atoms with Gasteiger partial charge in [0.05, 0.1) is 35.7 Å². The minimum atomic E-state index is -1.45. The van der Waals surface area contributed by atoms with Gasteiger partial charge in [-0.15, -0.1) is 11.3 Å². The van der Waals surface area contributed by atoms with Gasteiger partial charge in [0.2, 0.25) is 23.8 Å². The van der Waals surface area contributed by atoms with Crippen LogP contribution in [0.4, 0.5) is 15.3 Å². The van der Waals surface area contributed by atoms with E-state index in [0.29, 0.717) is 69.7 Å². The molecule has 22 heteroatoms. The van der Waals surface area contributed by atoms with Crippen molar-refractivity contribution in [1.29, 1.82) is 0 Å². The first kappa shape index (κ1) is 74.1. The minimum Gasteiger partial charge on any atom is -0.431 e. The maximum Gasteiger partial charge on any atom is 0.408 e. The molecular weight excluding hydrogens is 1160 g/mol. The van der Waals surface area contributed by atoms with E-state index in [-0.39, 0.29) is 97.2 Å². The second-order valence-corrected chi connectivity index (χ2v) is 27.1. The number of aromatic nitrogens is 1. The number of methoxy groups -OCH3 is 1. The fourth-order valence-corrected chi connectivity index (χ4v) is 13.2. The molecule has 0 radical (unpaired) electrons. The van der Waals surface area contributed by atoms with E-state index in [2.05, 4.69) is 44.9 Å². The number of rotatable bonds is 35. The minimum absolute atomic E-state index is 0.00187. The summed E-state index contributed by atoms with van der Waals surface area (Å²) in [6.07, 6.45) is 2.16. The number of amides is 7. The Morgan fingerprint density at radius 2 is 1.47 bits per heavy atom. The molecule has 1 unspecified atom stereocenters. The van der Waals surface area contributed by atoms with Crippen molar-refractivity contribution in [2.45, 2.75) is 176 Å². The molecule has 12 atom stereocenters. The number of carbonyl (C=O) groups is 9. The highest BCUT2D eigenvalue weighted by molar-refractivity contribution is 7.09. The predicted molar refractivity (Wildman–Crippen MR) is 350 cm³/mol. The lowest BCUT2D eigenvalue weighted by atomic mass is 9.81. The van der Waals surface area contributed by atoms with E-state index in [4.69, 9.17) is 20.9 Å². The van der Waals surface area contributed by atoms with Crippen LogP contribution in [-0.4, -0.2) is 168 Å². The first-order valence-corrected chi connectivity index (χ1v) is 33.3. The van der Waals surface area contributed by atoms with E-state index in [1.165, 1.54) is 0 Å². The number of carbonyl (C=O) groups excluding carboxylic acids is 9. The molecule has 0 spiro atoms. The van der Waals surface area contributed by atoms with Gasteiger partial charge in [0.25, 0.3) is 5.91 Å². The molecule has 1 aromatic heterocycles. The summed E-state index contributed by atoms with van der Waals surface area (Å²) in [7, 11) is 5.20. The molecule has 498 valence electrons. The first-order valence-electron chi connectivity index (χ1n) is 32.4. The molecule has 2 fully saturated rings. The van der Waals surface area contributed by atoms with E-state index >= 15 is 0 Å². The summed E-state index contributed by atoms with van der Waals surface area (Å²) in [5, 5.41) is 11.0. The van der Waals surface area contributed by atoms with Crippen LogP contribution in [0, 0.1) is 47.3 Å². The highest BCUT2D eigenvalue weighted by atomic mass is 32.1. The number of primary amides is 1. The highest BCUT2D eigenvalue weighted by Crippen LogP contribution is 2.35. The number of anilines is 1. The molecule has 5 rings (SSSR count). The van der Waals surface area contributed by atoms with Crippen molar-refractivity contribution < 1.29 is 52.6 Å². The Labute approximate surface area is 538 Å². The van der Waals surface area contributed by atoms with E-state index in [0.717, 1.165) is 23.4 Å². The zero-order valence-electron chi connectivity index (χ0n) is 55.6. The van der Waals surface area contributed by atoms with Crippen LogP contribution in [0.5, 0.6) is 0 Å². The number of Topliss-reactive ketones (excluding diaryl/α,β-unsaturated/α-hetero) is 3. The summed E-state index contributed by atoms with van der Waals surface area (Å²) in [6, 6.07) is 13.1. The standard InChI is InChI=1S/C68H104N10O11S/c1-14-44(8)61(57(88-13)40-58(82)78-30-19-23-53(78)45(9)46(10)54(79)38-50(64-71-29-35-90-64)36-47-20-16-15-17-21-47)76(12)65(84)52(41(2)3)39-56(81)60(43(6)7)74-68(87)89-62(66(85)77-33-31-75(11)32-34-77)48-24-26-51(27-25-48)73-63(83)49(22-18-28-72-67(70)86)37-55(80)59(69)42(4)5/h15-17,20-21,24-27,29,35,41-46,49-50,52-53,57,59-62H,14,18-19,22-23,28,30-34,36-40,69H2,1-13H3,(H,73,83)(H,74,87)(H3,70,72,86)/t44-,45+,46+,49+,50+,52-,53-,57+,59-,60-,61-,62?/m0/s1. The Morgan fingerprint density at radius 1 is 0.800 bits per heavy atom. The van der Waals surface area contributed by atoms with Gasteiger partial charge in [0.15, 0.2) is 11.6 Å². The largest absolute Gasteiger partial charge is 0.431 e. The smallest absolute Gasteiger partial charge is 0.408 e. The molecule has 90 heavy (non-hydrogen) atoms. The number of nitrogens with two attached hydrogens (primary N) is 2. The van der Waals surface area contributed by atoms with Crippen molar-refractivity contribution in [3.05, 3.63) is 82.3 Å². The molecule has 7 N–H and O–H groups in total. The van der Waals surface area contributed by atoms with Crippen molar-refractivity contribution in [2.24, 2.45) is 58.8 Å². The summed E-state index contributed by atoms with van der Waals surface area (Å²) in [6.45, 7) is 21.7. The fraction of sp³-hybridized carbons (Fsp3) is 0.647. The zero-order valence-corrected chi connectivity index (χ0v) is 56.4. The molecule has 0 aliphatic carbocycles. The highest BCUT2D eigenvalue weighted by Gasteiger charge is 2.43. The lowest BCUT2D eigenvalue weighted by molar-refractivity contribution is -0.148. The third kappa shape index (κ3) is 21.2. The molecule has 21 nitrogen and oxygen atoms in total. The molecule has 2 aromatic carbocycles. The maximum absolute atomic E-state index is 15.0. The topological polar surface area (TPSA) is 286 Å². The van der Waals surface area contributed by atoms with Crippen LogP contribution in [0.1, 0.15) is 155 Å². The van der Waals surface area contributed by atoms with Gasteiger partial charge in [-0.25, -0.2) is 14.6 Å². The zero-order chi connectivity index (χ0) is 66.5. The van der Waals surface area contributed by atoms with Crippen LogP contribution in [-0.2, 0) is 49.5 Å². The maximum atomic E-state index is 15.0. The van der Waals surface area contributed by atoms with Gasteiger partial charge >= 0.3 is 12.1 Å².